The number of nitriles is 1. The summed E-state index contributed by atoms with van der Waals surface area (Å²) in [6.45, 7) is 0. The second-order valence-electron chi connectivity index (χ2n) is 4.81. The van der Waals surface area contributed by atoms with Gasteiger partial charge in [-0.15, -0.1) is 0 Å². The molecule has 0 fully saturated rings. The number of amides is 2. The van der Waals surface area contributed by atoms with Crippen LogP contribution in [0.2, 0.25) is 10.0 Å². The van der Waals surface area contributed by atoms with Crippen LogP contribution >= 0.6 is 23.2 Å². The van der Waals surface area contributed by atoms with Crippen LogP contribution in [0.5, 0.6) is 0 Å². The lowest BCUT2D eigenvalue weighted by Crippen LogP contribution is -2.22. The van der Waals surface area contributed by atoms with E-state index < -0.39 is 11.8 Å². The number of carbonyl (C=O) groups is 2. The van der Waals surface area contributed by atoms with Crippen LogP contribution in [0.1, 0.15) is 10.4 Å². The standard InChI is InChI=1S/C17H12Cl2N4O2/c18-11-5-6-15(13(19)7-11)23-16(24)10(8-20)9-22-17(25)12-3-1-2-4-14(12)21/h1-7,9H,21H2,(H,22,25)(H,23,24)/b10-9-. The van der Waals surface area contributed by atoms with Gasteiger partial charge in [-0.1, -0.05) is 35.3 Å². The van der Waals surface area contributed by atoms with Crippen molar-refractivity contribution in [2.24, 2.45) is 0 Å². The molecule has 4 N–H and O–H groups in total. The number of halogens is 2. The quantitative estimate of drug-likeness (QED) is 0.433. The first kappa shape index (κ1) is 18.3. The zero-order valence-corrected chi connectivity index (χ0v) is 14.2. The summed E-state index contributed by atoms with van der Waals surface area (Å²) in [6.07, 6.45) is 1.01. The SMILES string of the molecule is N#C/C(=C/NC(=O)c1ccccc1N)C(=O)Nc1ccc(Cl)cc1Cl. The molecule has 0 saturated heterocycles. The average Bonchev–Trinajstić information content (AvgIpc) is 2.58. The van der Waals surface area contributed by atoms with E-state index in [-0.39, 0.29) is 27.5 Å². The van der Waals surface area contributed by atoms with Crippen molar-refractivity contribution in [3.63, 3.8) is 0 Å². The van der Waals surface area contributed by atoms with E-state index in [1.165, 1.54) is 18.2 Å². The van der Waals surface area contributed by atoms with E-state index in [0.29, 0.717) is 5.02 Å². The van der Waals surface area contributed by atoms with Gasteiger partial charge in [0, 0.05) is 16.9 Å². The summed E-state index contributed by atoms with van der Waals surface area (Å²) < 4.78 is 0. The molecule has 0 aliphatic rings. The molecule has 25 heavy (non-hydrogen) atoms. The Kier molecular flexibility index (Phi) is 6.01. The molecule has 0 unspecified atom stereocenters. The Labute approximate surface area is 153 Å². The van der Waals surface area contributed by atoms with Gasteiger partial charge in [-0.05, 0) is 30.3 Å². The fraction of sp³-hybridized carbons (Fsp3) is 0. The van der Waals surface area contributed by atoms with Crippen molar-refractivity contribution in [2.75, 3.05) is 11.1 Å². The predicted octanol–water partition coefficient (Wildman–Crippen LogP) is 3.35. The predicted molar refractivity (Wildman–Crippen MR) is 97.1 cm³/mol. The van der Waals surface area contributed by atoms with Crippen molar-refractivity contribution in [1.29, 1.82) is 5.26 Å². The average molecular weight is 375 g/mol. The molecule has 0 aliphatic carbocycles. The van der Waals surface area contributed by atoms with Gasteiger partial charge in [0.25, 0.3) is 11.8 Å². The van der Waals surface area contributed by atoms with E-state index in [4.69, 9.17) is 34.2 Å². The zero-order valence-electron chi connectivity index (χ0n) is 12.7. The topological polar surface area (TPSA) is 108 Å². The molecule has 0 bridgehead atoms. The van der Waals surface area contributed by atoms with Crippen molar-refractivity contribution in [2.45, 2.75) is 0 Å². The van der Waals surface area contributed by atoms with Crippen LogP contribution in [0.15, 0.2) is 54.2 Å². The van der Waals surface area contributed by atoms with E-state index in [2.05, 4.69) is 10.6 Å². The maximum atomic E-state index is 12.1. The minimum absolute atomic E-state index is 0.222. The first-order valence-corrected chi connectivity index (χ1v) is 7.70. The van der Waals surface area contributed by atoms with Gasteiger partial charge in [0.15, 0.2) is 0 Å². The Balaban J connectivity index is 2.12. The molecule has 2 aromatic carbocycles. The zero-order chi connectivity index (χ0) is 18.4. The Morgan fingerprint density at radius 2 is 1.88 bits per heavy atom. The number of nitrogens with zero attached hydrogens (tertiary/aromatic N) is 1. The van der Waals surface area contributed by atoms with Gasteiger partial charge in [0.1, 0.15) is 11.6 Å². The van der Waals surface area contributed by atoms with Gasteiger partial charge in [-0.25, -0.2) is 0 Å². The number of para-hydroxylation sites is 1. The van der Waals surface area contributed by atoms with Crippen molar-refractivity contribution >= 4 is 46.4 Å². The minimum Gasteiger partial charge on any atom is -0.398 e. The summed E-state index contributed by atoms with van der Waals surface area (Å²) in [6, 6.07) is 12.6. The highest BCUT2D eigenvalue weighted by molar-refractivity contribution is 6.36. The summed E-state index contributed by atoms with van der Waals surface area (Å²) in [5.74, 6) is -1.27. The van der Waals surface area contributed by atoms with Gasteiger partial charge in [-0.3, -0.25) is 9.59 Å². The van der Waals surface area contributed by atoms with E-state index in [1.807, 2.05) is 0 Å². The van der Waals surface area contributed by atoms with Crippen LogP contribution in [0.4, 0.5) is 11.4 Å². The molecule has 0 heterocycles. The maximum Gasteiger partial charge on any atom is 0.267 e. The van der Waals surface area contributed by atoms with Crippen LogP contribution in [0.3, 0.4) is 0 Å². The summed E-state index contributed by atoms with van der Waals surface area (Å²) >= 11 is 11.7. The maximum absolute atomic E-state index is 12.1. The molecular weight excluding hydrogens is 363 g/mol. The van der Waals surface area contributed by atoms with Gasteiger partial charge in [0.05, 0.1) is 16.3 Å². The molecule has 0 atom stereocenters. The molecule has 0 radical (unpaired) electrons. The van der Waals surface area contributed by atoms with Crippen molar-refractivity contribution in [3.8, 4) is 6.07 Å². The fourth-order valence-electron chi connectivity index (χ4n) is 1.85. The molecule has 0 spiro atoms. The number of benzene rings is 2. The summed E-state index contributed by atoms with van der Waals surface area (Å²) in [4.78, 5) is 24.2. The van der Waals surface area contributed by atoms with E-state index in [1.54, 1.807) is 30.3 Å². The molecule has 126 valence electrons. The molecular formula is C17H12Cl2N4O2. The van der Waals surface area contributed by atoms with Crippen molar-refractivity contribution in [3.05, 3.63) is 69.8 Å². The largest absolute Gasteiger partial charge is 0.398 e. The van der Waals surface area contributed by atoms with Gasteiger partial charge in [0.2, 0.25) is 0 Å². The first-order chi connectivity index (χ1) is 11.9. The number of rotatable bonds is 4. The van der Waals surface area contributed by atoms with Gasteiger partial charge >= 0.3 is 0 Å². The highest BCUT2D eigenvalue weighted by atomic mass is 35.5. The normalized spacial score (nSPS) is 10.7. The highest BCUT2D eigenvalue weighted by Gasteiger charge is 2.13. The van der Waals surface area contributed by atoms with Crippen LogP contribution in [-0.2, 0) is 4.79 Å². The number of anilines is 2. The number of hydrogen-bond donors (Lipinski definition) is 3. The van der Waals surface area contributed by atoms with Crippen molar-refractivity contribution < 1.29 is 9.59 Å². The monoisotopic (exact) mass is 374 g/mol. The second kappa shape index (κ2) is 8.20. The lowest BCUT2D eigenvalue weighted by Gasteiger charge is -2.07. The van der Waals surface area contributed by atoms with Crippen LogP contribution < -0.4 is 16.4 Å². The molecule has 0 aliphatic heterocycles. The Morgan fingerprint density at radius 1 is 1.16 bits per heavy atom. The number of nitrogens with two attached hydrogens (primary N) is 1. The highest BCUT2D eigenvalue weighted by Crippen LogP contribution is 2.25. The third-order valence-electron chi connectivity index (χ3n) is 3.10. The van der Waals surface area contributed by atoms with Crippen molar-refractivity contribution in [1.82, 2.24) is 5.32 Å². The van der Waals surface area contributed by atoms with Crippen LogP contribution in [-0.4, -0.2) is 11.8 Å². The first-order valence-electron chi connectivity index (χ1n) is 6.94. The number of carbonyl (C=O) groups excluding carboxylic acids is 2. The van der Waals surface area contributed by atoms with Crippen LogP contribution in [0, 0.1) is 11.3 Å². The summed E-state index contributed by atoms with van der Waals surface area (Å²) in [5, 5.41) is 14.6. The Morgan fingerprint density at radius 3 is 2.52 bits per heavy atom. The minimum atomic E-state index is -0.729. The second-order valence-corrected chi connectivity index (χ2v) is 5.65. The smallest absolute Gasteiger partial charge is 0.267 e. The van der Waals surface area contributed by atoms with Gasteiger partial charge in [-0.2, -0.15) is 5.26 Å². The number of hydrogen-bond acceptors (Lipinski definition) is 4. The molecule has 2 rings (SSSR count). The van der Waals surface area contributed by atoms with E-state index in [9.17, 15) is 9.59 Å². The molecule has 0 aromatic heterocycles. The van der Waals surface area contributed by atoms with E-state index in [0.717, 1.165) is 6.20 Å². The summed E-state index contributed by atoms with van der Waals surface area (Å²) in [7, 11) is 0. The molecule has 8 heteroatoms. The molecule has 2 amide bonds. The van der Waals surface area contributed by atoms with E-state index >= 15 is 0 Å². The molecule has 2 aromatic rings. The lowest BCUT2D eigenvalue weighted by atomic mass is 10.1. The summed E-state index contributed by atoms with van der Waals surface area (Å²) in [5.41, 5.74) is 6.19. The number of nitrogens with one attached hydrogen (secondary N) is 2. The number of nitrogen functional groups attached to an aromatic ring is 1. The Bertz CT molecular complexity index is 904. The Hall–Kier alpha value is -3.01. The fourth-order valence-corrected chi connectivity index (χ4v) is 2.30. The lowest BCUT2D eigenvalue weighted by molar-refractivity contribution is -0.112. The third kappa shape index (κ3) is 4.73. The van der Waals surface area contributed by atoms with Crippen LogP contribution in [0.25, 0.3) is 0 Å². The molecule has 6 nitrogen and oxygen atoms in total. The molecule has 0 saturated carbocycles. The van der Waals surface area contributed by atoms with Gasteiger partial charge < -0.3 is 16.4 Å². The third-order valence-corrected chi connectivity index (χ3v) is 3.65.